The molecular weight excluding hydrogens is 262 g/mol. The number of anilines is 1. The maximum atomic E-state index is 11.5. The lowest BCUT2D eigenvalue weighted by atomic mass is 10.3. The van der Waals surface area contributed by atoms with Gasteiger partial charge in [-0.25, -0.2) is 0 Å². The third kappa shape index (κ3) is 5.99. The Balaban J connectivity index is 2.47. The monoisotopic (exact) mass is 279 g/mol. The molecular formula is C14H17NO5. The summed E-state index contributed by atoms with van der Waals surface area (Å²) < 4.78 is 9.93. The minimum Gasteiger partial charge on any atom is -0.486 e. The van der Waals surface area contributed by atoms with Gasteiger partial charge in [0.25, 0.3) is 0 Å². The Morgan fingerprint density at radius 3 is 2.65 bits per heavy atom. The molecule has 0 aliphatic rings. The molecule has 0 saturated heterocycles. The second-order valence-electron chi connectivity index (χ2n) is 4.02. The van der Waals surface area contributed by atoms with Crippen molar-refractivity contribution in [2.75, 3.05) is 18.5 Å². The number of carbonyl (C=O) groups excluding carboxylic acids is 3. The molecule has 1 rings (SSSR count). The van der Waals surface area contributed by atoms with Crippen molar-refractivity contribution in [2.24, 2.45) is 0 Å². The molecule has 1 aromatic carbocycles. The number of esters is 1. The van der Waals surface area contributed by atoms with Crippen LogP contribution in [-0.2, 0) is 19.1 Å². The van der Waals surface area contributed by atoms with Gasteiger partial charge in [0.2, 0.25) is 5.91 Å². The van der Waals surface area contributed by atoms with Crippen molar-refractivity contribution in [2.45, 2.75) is 20.3 Å². The molecule has 20 heavy (non-hydrogen) atoms. The van der Waals surface area contributed by atoms with E-state index in [2.05, 4.69) is 10.1 Å². The average molecular weight is 279 g/mol. The molecule has 0 aliphatic heterocycles. The van der Waals surface area contributed by atoms with Gasteiger partial charge in [0, 0.05) is 18.7 Å². The van der Waals surface area contributed by atoms with Crippen LogP contribution < -0.4 is 10.1 Å². The van der Waals surface area contributed by atoms with Gasteiger partial charge in [-0.2, -0.15) is 0 Å². The third-order valence-corrected chi connectivity index (χ3v) is 2.20. The smallest absolute Gasteiger partial charge is 0.313 e. The minimum absolute atomic E-state index is 0.194. The highest BCUT2D eigenvalue weighted by atomic mass is 16.5. The lowest BCUT2D eigenvalue weighted by Gasteiger charge is -2.07. The Hall–Kier alpha value is -2.37. The summed E-state index contributed by atoms with van der Waals surface area (Å²) in [4.78, 5) is 33.5. The van der Waals surface area contributed by atoms with Crippen LogP contribution in [-0.4, -0.2) is 30.9 Å². The summed E-state index contributed by atoms with van der Waals surface area (Å²) in [7, 11) is 0. The second-order valence-corrected chi connectivity index (χ2v) is 4.02. The van der Waals surface area contributed by atoms with Gasteiger partial charge in [-0.1, -0.05) is 6.07 Å². The van der Waals surface area contributed by atoms with Gasteiger partial charge in [0.15, 0.2) is 5.78 Å². The maximum absolute atomic E-state index is 11.5. The summed E-state index contributed by atoms with van der Waals surface area (Å²) in [6.45, 7) is 3.09. The van der Waals surface area contributed by atoms with Crippen molar-refractivity contribution < 1.29 is 23.9 Å². The number of Topliss-reactive ketones (excluding diaryl/α,β-unsaturated/α-hetero) is 1. The quantitative estimate of drug-likeness (QED) is 0.605. The molecule has 1 aromatic rings. The van der Waals surface area contributed by atoms with Crippen LogP contribution >= 0.6 is 0 Å². The molecule has 0 aromatic heterocycles. The Bertz CT molecular complexity index is 498. The first kappa shape index (κ1) is 15.7. The molecule has 0 unspecified atom stereocenters. The van der Waals surface area contributed by atoms with Gasteiger partial charge in [-0.05, 0) is 19.1 Å². The van der Waals surface area contributed by atoms with E-state index >= 15 is 0 Å². The highest BCUT2D eigenvalue weighted by Crippen LogP contribution is 2.17. The summed E-state index contributed by atoms with van der Waals surface area (Å²) in [5.74, 6) is -0.685. The fourth-order valence-electron chi connectivity index (χ4n) is 1.45. The number of ketones is 1. The van der Waals surface area contributed by atoms with Crippen molar-refractivity contribution in [3.63, 3.8) is 0 Å². The Kier molecular flexibility index (Phi) is 6.22. The molecule has 1 amide bonds. The number of carbonyl (C=O) groups is 3. The fraction of sp³-hybridized carbons (Fsp3) is 0.357. The Morgan fingerprint density at radius 2 is 2.00 bits per heavy atom. The molecule has 0 heterocycles. The van der Waals surface area contributed by atoms with E-state index in [1.165, 1.54) is 6.92 Å². The van der Waals surface area contributed by atoms with Crippen molar-refractivity contribution in [3.05, 3.63) is 24.3 Å². The normalized spacial score (nSPS) is 9.70. The second kappa shape index (κ2) is 7.93. The number of ether oxygens (including phenoxy) is 2. The van der Waals surface area contributed by atoms with E-state index in [0.29, 0.717) is 11.4 Å². The van der Waals surface area contributed by atoms with E-state index < -0.39 is 5.97 Å². The van der Waals surface area contributed by atoms with Crippen LogP contribution in [0.5, 0.6) is 5.75 Å². The van der Waals surface area contributed by atoms with Crippen LogP contribution in [0.25, 0.3) is 0 Å². The topological polar surface area (TPSA) is 81.7 Å². The average Bonchev–Trinajstić information content (AvgIpc) is 2.36. The number of benzene rings is 1. The van der Waals surface area contributed by atoms with Gasteiger partial charge in [0.1, 0.15) is 18.8 Å². The SMILES string of the molecule is CCOC(=O)CC(=O)COc1cccc(NC(C)=O)c1. The van der Waals surface area contributed by atoms with Crippen LogP contribution in [0.2, 0.25) is 0 Å². The zero-order chi connectivity index (χ0) is 15.0. The summed E-state index contributed by atoms with van der Waals surface area (Å²) in [5.41, 5.74) is 0.577. The minimum atomic E-state index is -0.562. The fourth-order valence-corrected chi connectivity index (χ4v) is 1.45. The molecule has 0 saturated carbocycles. The molecule has 6 heteroatoms. The third-order valence-electron chi connectivity index (χ3n) is 2.20. The van der Waals surface area contributed by atoms with Crippen LogP contribution in [0.1, 0.15) is 20.3 Å². The highest BCUT2D eigenvalue weighted by molar-refractivity contribution is 5.96. The summed E-state index contributed by atoms with van der Waals surface area (Å²) in [5, 5.41) is 2.60. The van der Waals surface area contributed by atoms with Crippen molar-refractivity contribution in [1.82, 2.24) is 0 Å². The Morgan fingerprint density at radius 1 is 1.25 bits per heavy atom. The molecule has 0 aliphatic carbocycles. The molecule has 108 valence electrons. The molecule has 1 N–H and O–H groups in total. The van der Waals surface area contributed by atoms with E-state index in [1.807, 2.05) is 0 Å². The standard InChI is InChI=1S/C14H17NO5/c1-3-19-14(18)8-12(17)9-20-13-6-4-5-11(7-13)15-10(2)16/h4-7H,3,8-9H2,1-2H3,(H,15,16). The maximum Gasteiger partial charge on any atom is 0.313 e. The van der Waals surface area contributed by atoms with Crippen LogP contribution in [0, 0.1) is 0 Å². The number of hydrogen-bond donors (Lipinski definition) is 1. The molecule has 0 atom stereocenters. The molecule has 0 spiro atoms. The molecule has 0 radical (unpaired) electrons. The van der Waals surface area contributed by atoms with Crippen LogP contribution in [0.15, 0.2) is 24.3 Å². The summed E-state index contributed by atoms with van der Waals surface area (Å²) in [6, 6.07) is 6.65. The van der Waals surface area contributed by atoms with E-state index in [1.54, 1.807) is 31.2 Å². The van der Waals surface area contributed by atoms with Crippen LogP contribution in [0.3, 0.4) is 0 Å². The van der Waals surface area contributed by atoms with E-state index in [4.69, 9.17) is 4.74 Å². The van der Waals surface area contributed by atoms with Gasteiger partial charge in [-0.15, -0.1) is 0 Å². The zero-order valence-corrected chi connectivity index (χ0v) is 11.5. The van der Waals surface area contributed by atoms with Crippen molar-refractivity contribution in [1.29, 1.82) is 0 Å². The van der Waals surface area contributed by atoms with E-state index in [-0.39, 0.29) is 31.3 Å². The van der Waals surface area contributed by atoms with E-state index in [9.17, 15) is 14.4 Å². The number of amides is 1. The van der Waals surface area contributed by atoms with Crippen molar-refractivity contribution >= 4 is 23.3 Å². The number of rotatable bonds is 7. The zero-order valence-electron chi connectivity index (χ0n) is 11.5. The predicted molar refractivity (Wildman–Crippen MR) is 72.5 cm³/mol. The van der Waals surface area contributed by atoms with Gasteiger partial charge in [0.05, 0.1) is 6.61 Å². The first-order valence-corrected chi connectivity index (χ1v) is 6.19. The first-order chi connectivity index (χ1) is 9.51. The summed E-state index contributed by atoms with van der Waals surface area (Å²) >= 11 is 0. The highest BCUT2D eigenvalue weighted by Gasteiger charge is 2.11. The molecule has 0 fully saturated rings. The lowest BCUT2D eigenvalue weighted by molar-refractivity contribution is -0.145. The molecule has 0 bridgehead atoms. The first-order valence-electron chi connectivity index (χ1n) is 6.19. The van der Waals surface area contributed by atoms with Gasteiger partial charge in [-0.3, -0.25) is 14.4 Å². The van der Waals surface area contributed by atoms with E-state index in [0.717, 1.165) is 0 Å². The van der Waals surface area contributed by atoms with Crippen molar-refractivity contribution in [3.8, 4) is 5.75 Å². The van der Waals surface area contributed by atoms with Crippen LogP contribution in [0.4, 0.5) is 5.69 Å². The van der Waals surface area contributed by atoms with Gasteiger partial charge < -0.3 is 14.8 Å². The summed E-state index contributed by atoms with van der Waals surface area (Å²) in [6.07, 6.45) is -0.306. The lowest BCUT2D eigenvalue weighted by Crippen LogP contribution is -2.17. The number of hydrogen-bond acceptors (Lipinski definition) is 5. The largest absolute Gasteiger partial charge is 0.486 e. The molecule has 6 nitrogen and oxygen atoms in total. The Labute approximate surface area is 117 Å². The predicted octanol–water partition coefficient (Wildman–Crippen LogP) is 1.55. The van der Waals surface area contributed by atoms with Gasteiger partial charge >= 0.3 is 5.97 Å². The number of nitrogens with one attached hydrogen (secondary N) is 1.